The minimum absolute atomic E-state index is 0.593. The lowest BCUT2D eigenvalue weighted by Crippen LogP contribution is -2.45. The number of hydrogen-bond acceptors (Lipinski definition) is 3. The molecule has 2 aliphatic heterocycles. The highest BCUT2D eigenvalue weighted by Crippen LogP contribution is 2.40. The fraction of sp³-hybridized carbons (Fsp3) is 0.824. The highest BCUT2D eigenvalue weighted by molar-refractivity contribution is 5.05. The first kappa shape index (κ1) is 13.8. The van der Waals surface area contributed by atoms with Gasteiger partial charge >= 0.3 is 0 Å². The molecule has 0 amide bonds. The van der Waals surface area contributed by atoms with Crippen molar-refractivity contribution in [3.63, 3.8) is 0 Å². The molecule has 0 aromatic carbocycles. The summed E-state index contributed by atoms with van der Waals surface area (Å²) in [7, 11) is 2.01. The van der Waals surface area contributed by atoms with Crippen LogP contribution < -0.4 is 0 Å². The van der Waals surface area contributed by atoms with Crippen molar-refractivity contribution in [1.29, 1.82) is 0 Å². The second-order valence-electron chi connectivity index (χ2n) is 7.76. The Morgan fingerprint density at radius 2 is 2.05 bits per heavy atom. The van der Waals surface area contributed by atoms with E-state index in [1.807, 2.05) is 17.9 Å². The highest BCUT2D eigenvalue weighted by atomic mass is 15.3. The molecule has 4 nitrogen and oxygen atoms in total. The number of nitrogens with zero attached hydrogens (tertiary/aromatic N) is 4. The minimum Gasteiger partial charge on any atom is -0.302 e. The largest absolute Gasteiger partial charge is 0.302 e. The van der Waals surface area contributed by atoms with Gasteiger partial charge in [-0.15, -0.1) is 0 Å². The van der Waals surface area contributed by atoms with Crippen molar-refractivity contribution in [2.75, 3.05) is 32.7 Å². The molecule has 4 heteroatoms. The van der Waals surface area contributed by atoms with Gasteiger partial charge in [0.15, 0.2) is 0 Å². The SMILES string of the molecule is Cn1cc(CN2CC[C@]3(CCCN(CC4CC4)C3)C2)cn1. The van der Waals surface area contributed by atoms with Crippen LogP contribution in [-0.4, -0.2) is 52.3 Å². The molecule has 1 saturated carbocycles. The summed E-state index contributed by atoms with van der Waals surface area (Å²) in [5, 5.41) is 4.30. The molecule has 3 fully saturated rings. The predicted octanol–water partition coefficient (Wildman–Crippen LogP) is 2.12. The number of hydrogen-bond donors (Lipinski definition) is 0. The third-order valence-electron chi connectivity index (χ3n) is 5.64. The van der Waals surface area contributed by atoms with Crippen LogP contribution in [0.2, 0.25) is 0 Å². The normalized spacial score (nSPS) is 31.3. The molecule has 2 saturated heterocycles. The maximum Gasteiger partial charge on any atom is 0.0534 e. The number of rotatable bonds is 4. The predicted molar refractivity (Wildman–Crippen MR) is 83.9 cm³/mol. The van der Waals surface area contributed by atoms with Crippen molar-refractivity contribution in [1.82, 2.24) is 19.6 Å². The number of piperidine rings is 1. The first-order valence-corrected chi connectivity index (χ1v) is 8.63. The van der Waals surface area contributed by atoms with Crippen LogP contribution in [0.3, 0.4) is 0 Å². The van der Waals surface area contributed by atoms with Gasteiger partial charge in [-0.05, 0) is 56.5 Å². The van der Waals surface area contributed by atoms with E-state index in [9.17, 15) is 0 Å². The van der Waals surface area contributed by atoms with Crippen molar-refractivity contribution >= 4 is 0 Å². The zero-order chi connectivity index (χ0) is 14.3. The number of aryl methyl sites for hydroxylation is 1. The molecule has 1 aromatic rings. The third kappa shape index (κ3) is 3.16. The van der Waals surface area contributed by atoms with Gasteiger partial charge in [-0.25, -0.2) is 0 Å². The summed E-state index contributed by atoms with van der Waals surface area (Å²) in [6.45, 7) is 7.73. The second-order valence-corrected chi connectivity index (χ2v) is 7.76. The summed E-state index contributed by atoms with van der Waals surface area (Å²) < 4.78 is 1.92. The first-order valence-electron chi connectivity index (χ1n) is 8.63. The fourth-order valence-electron chi connectivity index (χ4n) is 4.44. The summed E-state index contributed by atoms with van der Waals surface area (Å²) in [6.07, 6.45) is 11.4. The summed E-state index contributed by atoms with van der Waals surface area (Å²) in [4.78, 5) is 5.42. The van der Waals surface area contributed by atoms with Crippen LogP contribution in [0.1, 0.15) is 37.7 Å². The summed E-state index contributed by atoms with van der Waals surface area (Å²) in [6, 6.07) is 0. The van der Waals surface area contributed by atoms with Gasteiger partial charge in [0.05, 0.1) is 6.20 Å². The van der Waals surface area contributed by atoms with E-state index in [4.69, 9.17) is 0 Å². The van der Waals surface area contributed by atoms with E-state index in [-0.39, 0.29) is 0 Å². The van der Waals surface area contributed by atoms with Crippen LogP contribution in [0.15, 0.2) is 12.4 Å². The summed E-state index contributed by atoms with van der Waals surface area (Å²) in [5.74, 6) is 1.04. The van der Waals surface area contributed by atoms with Gasteiger partial charge in [0, 0.05) is 45.0 Å². The van der Waals surface area contributed by atoms with Crippen LogP contribution >= 0.6 is 0 Å². The molecule has 0 bridgehead atoms. The third-order valence-corrected chi connectivity index (χ3v) is 5.64. The van der Waals surface area contributed by atoms with Gasteiger partial charge in [0.1, 0.15) is 0 Å². The van der Waals surface area contributed by atoms with Crippen molar-refractivity contribution in [2.45, 2.75) is 38.6 Å². The lowest BCUT2D eigenvalue weighted by molar-refractivity contribution is 0.0884. The molecule has 1 atom stereocenters. The molecule has 21 heavy (non-hydrogen) atoms. The van der Waals surface area contributed by atoms with Crippen molar-refractivity contribution in [3.05, 3.63) is 18.0 Å². The van der Waals surface area contributed by atoms with Crippen molar-refractivity contribution in [2.24, 2.45) is 18.4 Å². The fourth-order valence-corrected chi connectivity index (χ4v) is 4.44. The average Bonchev–Trinajstić information content (AvgIpc) is 3.06. The minimum atomic E-state index is 0.593. The molecule has 1 aromatic heterocycles. The zero-order valence-corrected chi connectivity index (χ0v) is 13.3. The standard InChI is InChI=1S/C17H28N4/c1-19-10-16(9-18-19)12-21-8-6-17(14-21)5-2-7-20(13-17)11-15-3-4-15/h9-10,15H,2-8,11-14H2,1H3/t17-/m0/s1. The Morgan fingerprint density at radius 3 is 2.81 bits per heavy atom. The lowest BCUT2D eigenvalue weighted by atomic mass is 9.79. The van der Waals surface area contributed by atoms with E-state index in [1.54, 1.807) is 0 Å². The van der Waals surface area contributed by atoms with E-state index >= 15 is 0 Å². The first-order chi connectivity index (χ1) is 10.2. The topological polar surface area (TPSA) is 24.3 Å². The molecule has 1 spiro atoms. The lowest BCUT2D eigenvalue weighted by Gasteiger charge is -2.40. The summed E-state index contributed by atoms with van der Waals surface area (Å²) in [5.41, 5.74) is 1.95. The molecule has 0 radical (unpaired) electrons. The van der Waals surface area contributed by atoms with E-state index in [0.29, 0.717) is 5.41 Å². The Bertz CT molecular complexity index is 493. The van der Waals surface area contributed by atoms with Crippen LogP contribution in [0, 0.1) is 11.3 Å². The van der Waals surface area contributed by atoms with E-state index in [0.717, 1.165) is 12.5 Å². The number of likely N-dealkylation sites (tertiary alicyclic amines) is 2. The van der Waals surface area contributed by atoms with Crippen LogP contribution in [-0.2, 0) is 13.6 Å². The molecule has 3 heterocycles. The van der Waals surface area contributed by atoms with Gasteiger partial charge in [0.25, 0.3) is 0 Å². The smallest absolute Gasteiger partial charge is 0.0534 e. The molecule has 0 unspecified atom stereocenters. The van der Waals surface area contributed by atoms with E-state index in [1.165, 1.54) is 70.4 Å². The number of aromatic nitrogens is 2. The van der Waals surface area contributed by atoms with Gasteiger partial charge in [0.2, 0.25) is 0 Å². The molecular weight excluding hydrogens is 260 g/mol. The van der Waals surface area contributed by atoms with Crippen LogP contribution in [0.25, 0.3) is 0 Å². The van der Waals surface area contributed by atoms with Crippen LogP contribution in [0.5, 0.6) is 0 Å². The van der Waals surface area contributed by atoms with Gasteiger partial charge in [-0.1, -0.05) is 0 Å². The maximum atomic E-state index is 4.30. The molecule has 4 rings (SSSR count). The molecule has 116 valence electrons. The van der Waals surface area contributed by atoms with Crippen molar-refractivity contribution in [3.8, 4) is 0 Å². The Morgan fingerprint density at radius 1 is 1.19 bits per heavy atom. The van der Waals surface area contributed by atoms with Gasteiger partial charge in [-0.2, -0.15) is 5.10 Å². The van der Waals surface area contributed by atoms with Crippen molar-refractivity contribution < 1.29 is 0 Å². The monoisotopic (exact) mass is 288 g/mol. The summed E-state index contributed by atoms with van der Waals surface area (Å²) >= 11 is 0. The molecule has 0 N–H and O–H groups in total. The van der Waals surface area contributed by atoms with Gasteiger partial charge in [-0.3, -0.25) is 9.58 Å². The highest BCUT2D eigenvalue weighted by Gasteiger charge is 2.42. The maximum absolute atomic E-state index is 4.30. The Balaban J connectivity index is 1.35. The average molecular weight is 288 g/mol. The Kier molecular flexibility index (Phi) is 3.54. The Labute approximate surface area is 128 Å². The van der Waals surface area contributed by atoms with E-state index < -0.39 is 0 Å². The van der Waals surface area contributed by atoms with E-state index in [2.05, 4.69) is 21.1 Å². The van der Waals surface area contributed by atoms with Crippen LogP contribution in [0.4, 0.5) is 0 Å². The van der Waals surface area contributed by atoms with Gasteiger partial charge < -0.3 is 4.90 Å². The second kappa shape index (κ2) is 5.40. The molecular formula is C17H28N4. The Hall–Kier alpha value is -0.870. The molecule has 1 aliphatic carbocycles. The molecule has 3 aliphatic rings. The quantitative estimate of drug-likeness (QED) is 0.848. The zero-order valence-electron chi connectivity index (χ0n) is 13.3.